The minimum atomic E-state index is 0.611. The number of nitrogens with zero attached hydrogens (tertiary/aromatic N) is 1. The van der Waals surface area contributed by atoms with Crippen molar-refractivity contribution in [2.75, 3.05) is 0 Å². The largest absolute Gasteiger partial charge is 0.327 e. The van der Waals surface area contributed by atoms with Gasteiger partial charge in [0, 0.05) is 6.54 Å². The quantitative estimate of drug-likeness (QED) is 0.653. The molecule has 0 saturated carbocycles. The predicted molar refractivity (Wildman–Crippen MR) is 44.5 cm³/mol. The molecule has 3 nitrogen and oxygen atoms in total. The Morgan fingerprint density at radius 3 is 2.83 bits per heavy atom. The van der Waals surface area contributed by atoms with Crippen LogP contribution in [-0.2, 0) is 17.9 Å². The van der Waals surface area contributed by atoms with Gasteiger partial charge in [0.15, 0.2) is 0 Å². The summed E-state index contributed by atoms with van der Waals surface area (Å²) >= 11 is 0. The van der Waals surface area contributed by atoms with Crippen LogP contribution in [-0.4, -0.2) is 11.4 Å². The lowest BCUT2D eigenvalue weighted by Gasteiger charge is -2.25. The number of nitrogens with one attached hydrogen (secondary N) is 1. The average Bonchev–Trinajstić information content (AvgIpc) is 2.17. The van der Waals surface area contributed by atoms with Gasteiger partial charge in [-0.2, -0.15) is 0 Å². The van der Waals surface area contributed by atoms with Crippen LogP contribution in [0, 0.1) is 0 Å². The number of hydrogen-bond donors (Lipinski definition) is 1. The van der Waals surface area contributed by atoms with Crippen molar-refractivity contribution in [1.29, 1.82) is 0 Å². The van der Waals surface area contributed by atoms with E-state index in [9.17, 15) is 4.79 Å². The van der Waals surface area contributed by atoms with Crippen molar-refractivity contribution in [2.45, 2.75) is 13.1 Å². The third-order valence-corrected chi connectivity index (χ3v) is 2.02. The molecule has 0 aromatic heterocycles. The monoisotopic (exact) mass is 161 g/mol. The fourth-order valence-corrected chi connectivity index (χ4v) is 1.36. The van der Waals surface area contributed by atoms with E-state index in [0.717, 1.165) is 0 Å². The van der Waals surface area contributed by atoms with Gasteiger partial charge in [-0.25, -0.2) is 5.43 Å². The molecule has 1 aliphatic rings. The van der Waals surface area contributed by atoms with Gasteiger partial charge in [-0.15, -0.1) is 0 Å². The van der Waals surface area contributed by atoms with Crippen LogP contribution in [0.3, 0.4) is 0 Å². The summed E-state index contributed by atoms with van der Waals surface area (Å²) in [5.74, 6) is 0. The number of hydrogen-bond acceptors (Lipinski definition) is 2. The molecule has 61 valence electrons. The molecule has 12 heavy (non-hydrogen) atoms. The highest BCUT2D eigenvalue weighted by Crippen LogP contribution is 2.13. The smallest absolute Gasteiger partial charge is 0.265 e. The number of benzene rings is 1. The Labute approximate surface area is 71.0 Å². The van der Waals surface area contributed by atoms with Crippen LogP contribution < -0.4 is 5.43 Å². The first-order chi connectivity index (χ1) is 5.90. The third kappa shape index (κ3) is 1.19. The molecule has 1 aromatic rings. The Kier molecular flexibility index (Phi) is 1.80. The number of fused-ring (bicyclic) bond motifs is 1. The summed E-state index contributed by atoms with van der Waals surface area (Å²) in [5.41, 5.74) is 5.38. The van der Waals surface area contributed by atoms with E-state index in [2.05, 4.69) is 11.5 Å². The highest BCUT2D eigenvalue weighted by Gasteiger charge is 2.12. The van der Waals surface area contributed by atoms with E-state index < -0.39 is 0 Å². The molecule has 0 spiro atoms. The van der Waals surface area contributed by atoms with Crippen molar-refractivity contribution >= 4 is 6.41 Å². The summed E-state index contributed by atoms with van der Waals surface area (Å²) in [6.07, 6.45) is 1.82. The van der Waals surface area contributed by atoms with Gasteiger partial charge in [-0.1, -0.05) is 24.3 Å². The maximum absolute atomic E-state index is 10.3. The summed E-state index contributed by atoms with van der Waals surface area (Å²) in [6.45, 7) is 1.32. The van der Waals surface area contributed by atoms with Gasteiger partial charge in [0.25, 0.3) is 0 Å². The second kappa shape index (κ2) is 2.95. The normalized spacial score (nSPS) is 15.5. The summed E-state index contributed by atoms with van der Waals surface area (Å²) in [6, 6.07) is 8.07. The Hall–Kier alpha value is -1.35. The van der Waals surface area contributed by atoms with Crippen LogP contribution in [0.2, 0.25) is 0 Å². The van der Waals surface area contributed by atoms with Gasteiger partial charge >= 0.3 is 6.41 Å². The van der Waals surface area contributed by atoms with Crippen molar-refractivity contribution in [1.82, 2.24) is 10.4 Å². The van der Waals surface area contributed by atoms with Gasteiger partial charge in [0.05, 0.1) is 6.54 Å². The first-order valence-corrected chi connectivity index (χ1v) is 3.86. The maximum Gasteiger partial charge on any atom is 0.327 e. The first-order valence-electron chi connectivity index (χ1n) is 3.86. The van der Waals surface area contributed by atoms with Gasteiger partial charge in [-0.3, -0.25) is 9.80 Å². The average molecular weight is 161 g/mol. The van der Waals surface area contributed by atoms with Crippen molar-refractivity contribution in [3.05, 3.63) is 35.4 Å². The van der Waals surface area contributed by atoms with E-state index in [0.29, 0.717) is 13.1 Å². The summed E-state index contributed by atoms with van der Waals surface area (Å²) in [7, 11) is 0. The number of amides is 1. The van der Waals surface area contributed by atoms with Crippen molar-refractivity contribution in [2.24, 2.45) is 0 Å². The van der Waals surface area contributed by atoms with E-state index in [1.54, 1.807) is 0 Å². The first kappa shape index (κ1) is 7.31. The number of carbonyl (C=O) groups excluding carboxylic acids is 1. The number of hydrazine groups is 1. The molecule has 3 heteroatoms. The molecule has 1 radical (unpaired) electrons. The Morgan fingerprint density at radius 2 is 2.08 bits per heavy atom. The molecule has 1 N–H and O–H groups in total. The molecule has 1 aliphatic heterocycles. The van der Waals surface area contributed by atoms with Crippen LogP contribution in [0.5, 0.6) is 0 Å². The van der Waals surface area contributed by atoms with Crippen LogP contribution in [0.15, 0.2) is 24.3 Å². The Balaban J connectivity index is 2.28. The lowest BCUT2D eigenvalue weighted by atomic mass is 10.1. The van der Waals surface area contributed by atoms with Crippen molar-refractivity contribution in [3.63, 3.8) is 0 Å². The summed E-state index contributed by atoms with van der Waals surface area (Å²) in [4.78, 5) is 10.3. The molecule has 0 unspecified atom stereocenters. The Bertz CT molecular complexity index is 298. The van der Waals surface area contributed by atoms with Crippen molar-refractivity contribution < 1.29 is 4.79 Å². The second-order valence-electron chi connectivity index (χ2n) is 2.78. The van der Waals surface area contributed by atoms with Crippen molar-refractivity contribution in [3.8, 4) is 0 Å². The molecular formula is C9H9N2O. The van der Waals surface area contributed by atoms with Crippen LogP contribution in [0.1, 0.15) is 11.1 Å². The van der Waals surface area contributed by atoms with E-state index in [1.807, 2.05) is 24.6 Å². The predicted octanol–water partition coefficient (Wildman–Crippen LogP) is 0.574. The molecule has 2 rings (SSSR count). The van der Waals surface area contributed by atoms with E-state index in [4.69, 9.17) is 0 Å². The second-order valence-corrected chi connectivity index (χ2v) is 2.78. The topological polar surface area (TPSA) is 32.3 Å². The fraction of sp³-hybridized carbons (Fsp3) is 0.222. The number of rotatable bonds is 1. The van der Waals surface area contributed by atoms with Gasteiger partial charge in [-0.05, 0) is 11.1 Å². The molecule has 1 amide bonds. The highest BCUT2D eigenvalue weighted by atomic mass is 16.1. The van der Waals surface area contributed by atoms with E-state index in [1.165, 1.54) is 16.1 Å². The van der Waals surface area contributed by atoms with E-state index >= 15 is 0 Å². The minimum absolute atomic E-state index is 0.611. The van der Waals surface area contributed by atoms with Crippen LogP contribution in [0.4, 0.5) is 0 Å². The zero-order valence-corrected chi connectivity index (χ0v) is 6.58. The molecule has 0 saturated heterocycles. The Morgan fingerprint density at radius 1 is 1.33 bits per heavy atom. The molecular weight excluding hydrogens is 152 g/mol. The molecule has 0 aliphatic carbocycles. The molecule has 0 fully saturated rings. The molecule has 1 aromatic carbocycles. The highest BCUT2D eigenvalue weighted by molar-refractivity contribution is 5.48. The molecule has 0 atom stereocenters. The molecule has 1 heterocycles. The SMILES string of the molecule is O=[C]N1Cc2ccccc2CN1. The van der Waals surface area contributed by atoms with Crippen LogP contribution >= 0.6 is 0 Å². The minimum Gasteiger partial charge on any atom is -0.265 e. The zero-order valence-electron chi connectivity index (χ0n) is 6.58. The van der Waals surface area contributed by atoms with Gasteiger partial charge in [0.2, 0.25) is 0 Å². The lowest BCUT2D eigenvalue weighted by molar-refractivity contribution is 0.259. The standard InChI is InChI=1S/C9H9N2O/c12-7-11-6-9-4-2-1-3-8(9)5-10-11/h1-4,10H,5-6H2. The molecule has 0 bridgehead atoms. The zero-order chi connectivity index (χ0) is 8.39. The van der Waals surface area contributed by atoms with Gasteiger partial charge < -0.3 is 0 Å². The fourth-order valence-electron chi connectivity index (χ4n) is 1.36. The van der Waals surface area contributed by atoms with E-state index in [-0.39, 0.29) is 0 Å². The third-order valence-electron chi connectivity index (χ3n) is 2.02. The maximum atomic E-state index is 10.3. The van der Waals surface area contributed by atoms with Crippen LogP contribution in [0.25, 0.3) is 0 Å². The summed E-state index contributed by atoms with van der Waals surface area (Å²) < 4.78 is 0. The lowest BCUT2D eigenvalue weighted by Crippen LogP contribution is -2.39. The summed E-state index contributed by atoms with van der Waals surface area (Å²) in [5, 5.41) is 1.43. The van der Waals surface area contributed by atoms with Gasteiger partial charge in [0.1, 0.15) is 0 Å².